The van der Waals surface area contributed by atoms with Crippen LogP contribution in [0.4, 0.5) is 0 Å². The van der Waals surface area contributed by atoms with Gasteiger partial charge in [-0.2, -0.15) is 0 Å². The summed E-state index contributed by atoms with van der Waals surface area (Å²) >= 11 is 10.7. The van der Waals surface area contributed by atoms with Crippen LogP contribution in [0.5, 0.6) is 0 Å². The van der Waals surface area contributed by atoms with Crippen molar-refractivity contribution < 1.29 is 12.8 Å². The molecule has 7 heteroatoms. The molecular formula is C4H10Br2ClN2OP. The highest BCUT2D eigenvalue weighted by Gasteiger charge is 2.14. The van der Waals surface area contributed by atoms with E-state index in [9.17, 15) is 4.57 Å². The summed E-state index contributed by atoms with van der Waals surface area (Å²) in [5, 5.41) is 0.737. The Morgan fingerprint density at radius 1 is 1.36 bits per heavy atom. The molecule has 0 aliphatic heterocycles. The van der Waals surface area contributed by atoms with Gasteiger partial charge in [-0.25, -0.2) is 10.2 Å². The van der Waals surface area contributed by atoms with E-state index >= 15 is 0 Å². The van der Waals surface area contributed by atoms with E-state index in [1.54, 1.807) is 0 Å². The van der Waals surface area contributed by atoms with Crippen LogP contribution in [0.3, 0.4) is 0 Å². The fourth-order valence-electron chi connectivity index (χ4n) is 0.243. The molecule has 0 fully saturated rings. The van der Waals surface area contributed by atoms with Crippen molar-refractivity contribution in [1.29, 1.82) is 0 Å². The van der Waals surface area contributed by atoms with Crippen LogP contribution in [0.25, 0.3) is 0 Å². The lowest BCUT2D eigenvalue weighted by atomic mass is 10.8. The summed E-state index contributed by atoms with van der Waals surface area (Å²) in [6.07, 6.45) is 0. The first-order valence-electron chi connectivity index (χ1n) is 5.47. The topological polar surface area (TPSA) is 41.1 Å². The molecule has 0 aliphatic rings. The van der Waals surface area contributed by atoms with Crippen molar-refractivity contribution in [3.05, 3.63) is 0 Å². The molecular weight excluding hydrogens is 318 g/mol. The highest BCUT2D eigenvalue weighted by Crippen LogP contribution is 2.41. The standard InChI is InChI=1S/C4H10Br2ClN2OP/c5-1-3-8-11(7,10)9-4-2-6/h1-4H2,(H2,8,9,10)/i1D,2D,3D2,4D2. The summed E-state index contributed by atoms with van der Waals surface area (Å²) in [7, 11) is 0. The maximum Gasteiger partial charge on any atom is 0.299 e. The van der Waals surface area contributed by atoms with Crippen molar-refractivity contribution in [2.45, 2.75) is 0 Å². The molecule has 0 rings (SSSR count). The smallest absolute Gasteiger partial charge is 0.271 e. The molecule has 0 aromatic rings. The van der Waals surface area contributed by atoms with Gasteiger partial charge in [0.25, 0.3) is 6.80 Å². The minimum absolute atomic E-state index is 1.44. The third-order valence-electron chi connectivity index (χ3n) is 0.526. The molecule has 0 aromatic carbocycles. The summed E-state index contributed by atoms with van der Waals surface area (Å²) in [6, 6.07) is 0. The van der Waals surface area contributed by atoms with Crippen molar-refractivity contribution >= 4 is 49.9 Å². The summed E-state index contributed by atoms with van der Waals surface area (Å²) in [4.78, 5) is 0. The third kappa shape index (κ3) is 7.75. The van der Waals surface area contributed by atoms with Crippen LogP contribution in [0, 0.1) is 0 Å². The van der Waals surface area contributed by atoms with E-state index in [1.165, 1.54) is 0 Å². The van der Waals surface area contributed by atoms with E-state index in [2.05, 4.69) is 31.9 Å². The number of nitrogens with one attached hydrogen (secondary N) is 2. The predicted molar refractivity (Wildman–Crippen MR) is 57.1 cm³/mol. The van der Waals surface area contributed by atoms with Crippen LogP contribution < -0.4 is 10.2 Å². The van der Waals surface area contributed by atoms with Crippen molar-refractivity contribution in [1.82, 2.24) is 10.2 Å². The van der Waals surface area contributed by atoms with Crippen LogP contribution in [0.15, 0.2) is 0 Å². The number of hydrogen-bond donors (Lipinski definition) is 2. The maximum atomic E-state index is 11.7. The number of alkyl halides is 2. The molecule has 0 aromatic heterocycles. The predicted octanol–water partition coefficient (Wildman–Crippen LogP) is 2.30. The molecule has 0 amide bonds. The molecule has 2 N–H and O–H groups in total. The number of hydrogen-bond acceptors (Lipinski definition) is 1. The van der Waals surface area contributed by atoms with Crippen LogP contribution in [-0.2, 0) is 4.57 Å². The van der Waals surface area contributed by atoms with Gasteiger partial charge in [0.2, 0.25) is 0 Å². The van der Waals surface area contributed by atoms with Gasteiger partial charge in [-0.05, 0) is 11.2 Å². The summed E-state index contributed by atoms with van der Waals surface area (Å²) < 4.78 is 55.1. The van der Waals surface area contributed by atoms with Crippen LogP contribution in [0.1, 0.15) is 8.22 Å². The van der Waals surface area contributed by atoms with Gasteiger partial charge in [0.1, 0.15) is 0 Å². The van der Waals surface area contributed by atoms with E-state index in [-0.39, 0.29) is 0 Å². The van der Waals surface area contributed by atoms with Gasteiger partial charge in [0.05, 0.1) is 0 Å². The Bertz CT molecular complexity index is 292. The third-order valence-corrected chi connectivity index (χ3v) is 2.32. The van der Waals surface area contributed by atoms with Crippen LogP contribution in [-0.4, -0.2) is 23.6 Å². The zero-order chi connectivity index (χ0) is 14.1. The van der Waals surface area contributed by atoms with E-state index in [0.29, 0.717) is 0 Å². The fraction of sp³-hybridized carbons (Fsp3) is 1.00. The monoisotopic (exact) mass is 332 g/mol. The lowest BCUT2D eigenvalue weighted by molar-refractivity contribution is 0.568. The van der Waals surface area contributed by atoms with Gasteiger partial charge in [-0.3, -0.25) is 4.57 Å². The van der Waals surface area contributed by atoms with Crippen molar-refractivity contribution in [2.75, 3.05) is 23.6 Å². The summed E-state index contributed by atoms with van der Waals surface area (Å²) in [5.74, 6) is 0. The Morgan fingerprint density at radius 2 is 1.73 bits per heavy atom. The summed E-state index contributed by atoms with van der Waals surface area (Å²) in [6.45, 7) is -8.97. The van der Waals surface area contributed by atoms with Crippen LogP contribution in [0.2, 0.25) is 0 Å². The van der Waals surface area contributed by atoms with Gasteiger partial charge >= 0.3 is 0 Å². The molecule has 2 atom stereocenters. The van der Waals surface area contributed by atoms with Gasteiger partial charge in [-0.15, -0.1) is 0 Å². The van der Waals surface area contributed by atoms with Crippen LogP contribution >= 0.6 is 49.9 Å². The normalized spacial score (nSPS) is 32.6. The van der Waals surface area contributed by atoms with Gasteiger partial charge in [-0.1, -0.05) is 31.9 Å². The Balaban J connectivity index is 4.78. The molecule has 2 unspecified atom stereocenters. The first-order valence-corrected chi connectivity index (χ1v) is 6.76. The first kappa shape index (κ1) is 5.32. The van der Waals surface area contributed by atoms with E-state index in [0.717, 1.165) is 0 Å². The minimum Gasteiger partial charge on any atom is -0.271 e. The average molecular weight is 334 g/mol. The highest BCUT2D eigenvalue weighted by atomic mass is 79.9. The summed E-state index contributed by atoms with van der Waals surface area (Å²) in [5.41, 5.74) is 0. The lowest BCUT2D eigenvalue weighted by Crippen LogP contribution is -2.21. The first-order chi connectivity index (χ1) is 7.30. The zero-order valence-electron chi connectivity index (χ0n) is 11.1. The molecule has 0 bridgehead atoms. The molecule has 3 nitrogen and oxygen atoms in total. The van der Waals surface area contributed by atoms with Gasteiger partial charge < -0.3 is 0 Å². The average Bonchev–Trinajstić information content (AvgIpc) is 1.98. The SMILES string of the molecule is [2H]C(Br)C([2H])([2H])NP(=O)(Cl)NC([2H])([2H])C([2H])Br. The molecule has 68 valence electrons. The molecule has 0 heterocycles. The Kier molecular flexibility index (Phi) is 3.32. The van der Waals surface area contributed by atoms with E-state index < -0.39 is 30.4 Å². The Morgan fingerprint density at radius 3 is 2.00 bits per heavy atom. The van der Waals surface area contributed by atoms with E-state index in [1.807, 2.05) is 10.2 Å². The molecule has 0 radical (unpaired) electrons. The number of halogens is 3. The highest BCUT2D eigenvalue weighted by molar-refractivity contribution is 9.09. The molecule has 0 saturated carbocycles. The van der Waals surface area contributed by atoms with Crippen molar-refractivity contribution in [3.63, 3.8) is 0 Å². The molecule has 0 saturated heterocycles. The lowest BCUT2D eigenvalue weighted by Gasteiger charge is -2.11. The largest absolute Gasteiger partial charge is 0.299 e. The maximum absolute atomic E-state index is 11.7. The quantitative estimate of drug-likeness (QED) is 0.578. The van der Waals surface area contributed by atoms with Gasteiger partial charge in [0.15, 0.2) is 0 Å². The molecule has 0 aliphatic carbocycles. The fourth-order valence-corrected chi connectivity index (χ4v) is 1.64. The molecule has 0 spiro atoms. The second-order valence-electron chi connectivity index (χ2n) is 1.26. The minimum atomic E-state index is -4.12. The Hall–Kier alpha value is 1.40. The van der Waals surface area contributed by atoms with Gasteiger partial charge in [0, 0.05) is 31.8 Å². The second kappa shape index (κ2) is 6.87. The van der Waals surface area contributed by atoms with Crippen molar-refractivity contribution in [2.24, 2.45) is 0 Å². The van der Waals surface area contributed by atoms with E-state index in [4.69, 9.17) is 19.5 Å². The molecule has 11 heavy (non-hydrogen) atoms. The zero-order valence-corrected chi connectivity index (χ0v) is 9.97. The number of rotatable bonds is 6. The van der Waals surface area contributed by atoms with Crippen molar-refractivity contribution in [3.8, 4) is 0 Å². The second-order valence-corrected chi connectivity index (χ2v) is 5.12. The Labute approximate surface area is 96.6 Å².